The van der Waals surface area contributed by atoms with E-state index in [9.17, 15) is 5.11 Å². The Morgan fingerprint density at radius 3 is 3.17 bits per heavy atom. The smallest absolute Gasteiger partial charge is 0.128 e. The van der Waals surface area contributed by atoms with Crippen molar-refractivity contribution in [1.29, 1.82) is 5.26 Å². The van der Waals surface area contributed by atoms with Crippen LogP contribution in [0.1, 0.15) is 11.1 Å². The van der Waals surface area contributed by atoms with Crippen molar-refractivity contribution in [3.05, 3.63) is 29.3 Å². The van der Waals surface area contributed by atoms with Gasteiger partial charge in [0, 0.05) is 12.1 Å². The van der Waals surface area contributed by atoms with Gasteiger partial charge in [0.2, 0.25) is 0 Å². The molecular weight excluding hydrogens is 152 g/mol. The molecule has 1 unspecified atom stereocenters. The second kappa shape index (κ2) is 2.50. The summed E-state index contributed by atoms with van der Waals surface area (Å²) >= 11 is 0. The average Bonchev–Trinajstić information content (AvgIpc) is 2.43. The number of rotatable bonds is 0. The SMILES string of the molecule is N#Cc1ccc2c(c1)NC(O)C2. The molecule has 0 saturated carbocycles. The van der Waals surface area contributed by atoms with Crippen LogP contribution in [0.2, 0.25) is 0 Å². The number of benzene rings is 1. The molecular formula is C9H8N2O. The first-order valence-corrected chi connectivity index (χ1v) is 3.77. The monoisotopic (exact) mass is 160 g/mol. The molecule has 0 fully saturated rings. The normalized spacial score (nSPS) is 19.5. The molecule has 0 bridgehead atoms. The molecule has 0 radical (unpaired) electrons. The standard InChI is InChI=1S/C9H8N2O/c10-5-6-1-2-7-4-9(12)11-8(7)3-6/h1-3,9,11-12H,4H2. The summed E-state index contributed by atoms with van der Waals surface area (Å²) in [4.78, 5) is 0. The number of fused-ring (bicyclic) bond motifs is 1. The van der Waals surface area contributed by atoms with E-state index in [1.807, 2.05) is 12.1 Å². The topological polar surface area (TPSA) is 56.0 Å². The van der Waals surface area contributed by atoms with Crippen molar-refractivity contribution < 1.29 is 5.11 Å². The Labute approximate surface area is 70.3 Å². The molecule has 0 aliphatic carbocycles. The minimum atomic E-state index is -0.492. The lowest BCUT2D eigenvalue weighted by molar-refractivity contribution is 0.212. The van der Waals surface area contributed by atoms with Crippen molar-refractivity contribution in [3.63, 3.8) is 0 Å². The molecule has 1 atom stereocenters. The molecule has 2 rings (SSSR count). The van der Waals surface area contributed by atoms with Gasteiger partial charge in [-0.05, 0) is 17.7 Å². The third kappa shape index (κ3) is 1.03. The highest BCUT2D eigenvalue weighted by atomic mass is 16.3. The highest BCUT2D eigenvalue weighted by Gasteiger charge is 2.17. The maximum absolute atomic E-state index is 9.22. The fourth-order valence-corrected chi connectivity index (χ4v) is 1.40. The summed E-state index contributed by atoms with van der Waals surface area (Å²) in [6.45, 7) is 0. The second-order valence-corrected chi connectivity index (χ2v) is 2.85. The van der Waals surface area contributed by atoms with Crippen molar-refractivity contribution in [2.24, 2.45) is 0 Å². The van der Waals surface area contributed by atoms with Crippen molar-refractivity contribution in [2.75, 3.05) is 5.32 Å². The summed E-state index contributed by atoms with van der Waals surface area (Å²) in [5.74, 6) is 0. The number of hydrogen-bond donors (Lipinski definition) is 2. The zero-order valence-electron chi connectivity index (χ0n) is 6.41. The number of nitrogens with zero attached hydrogens (tertiary/aromatic N) is 1. The molecule has 12 heavy (non-hydrogen) atoms. The summed E-state index contributed by atoms with van der Waals surface area (Å²) in [6, 6.07) is 7.44. The van der Waals surface area contributed by atoms with E-state index in [1.54, 1.807) is 12.1 Å². The maximum Gasteiger partial charge on any atom is 0.128 e. The third-order valence-electron chi connectivity index (χ3n) is 1.97. The van der Waals surface area contributed by atoms with E-state index in [-0.39, 0.29) is 0 Å². The molecule has 1 heterocycles. The van der Waals surface area contributed by atoms with Crippen molar-refractivity contribution >= 4 is 5.69 Å². The number of nitrogens with one attached hydrogen (secondary N) is 1. The molecule has 1 aromatic carbocycles. The molecule has 0 amide bonds. The molecule has 60 valence electrons. The Balaban J connectivity index is 2.44. The van der Waals surface area contributed by atoms with Gasteiger partial charge in [-0.25, -0.2) is 0 Å². The highest BCUT2D eigenvalue weighted by molar-refractivity contribution is 5.59. The molecule has 0 aromatic heterocycles. The first kappa shape index (κ1) is 7.14. The summed E-state index contributed by atoms with van der Waals surface area (Å²) in [5.41, 5.74) is 2.57. The lowest BCUT2D eigenvalue weighted by atomic mass is 10.1. The van der Waals surface area contributed by atoms with Crippen LogP contribution in [-0.2, 0) is 6.42 Å². The predicted molar refractivity (Wildman–Crippen MR) is 44.5 cm³/mol. The van der Waals surface area contributed by atoms with E-state index in [0.29, 0.717) is 12.0 Å². The Morgan fingerprint density at radius 1 is 1.58 bits per heavy atom. The number of hydrogen-bond acceptors (Lipinski definition) is 3. The van der Waals surface area contributed by atoms with Gasteiger partial charge in [-0.15, -0.1) is 0 Å². The fraction of sp³-hybridized carbons (Fsp3) is 0.222. The minimum Gasteiger partial charge on any atom is -0.373 e. The Bertz CT molecular complexity index is 354. The van der Waals surface area contributed by atoms with Gasteiger partial charge in [-0.1, -0.05) is 6.07 Å². The Morgan fingerprint density at radius 2 is 2.42 bits per heavy atom. The molecule has 0 saturated heterocycles. The zero-order valence-corrected chi connectivity index (χ0v) is 6.41. The lowest BCUT2D eigenvalue weighted by Crippen LogP contribution is -2.12. The maximum atomic E-state index is 9.22. The van der Waals surface area contributed by atoms with E-state index in [0.717, 1.165) is 11.3 Å². The van der Waals surface area contributed by atoms with Crippen LogP contribution in [0.4, 0.5) is 5.69 Å². The molecule has 3 nitrogen and oxygen atoms in total. The second-order valence-electron chi connectivity index (χ2n) is 2.85. The molecule has 2 N–H and O–H groups in total. The summed E-state index contributed by atoms with van der Waals surface area (Å²) < 4.78 is 0. The predicted octanol–water partition coefficient (Wildman–Crippen LogP) is 0.845. The average molecular weight is 160 g/mol. The van der Waals surface area contributed by atoms with Gasteiger partial charge in [0.15, 0.2) is 0 Å². The van der Waals surface area contributed by atoms with Crippen LogP contribution in [0.3, 0.4) is 0 Å². The van der Waals surface area contributed by atoms with E-state index in [1.165, 1.54) is 0 Å². The molecule has 1 aliphatic rings. The van der Waals surface area contributed by atoms with Crippen LogP contribution < -0.4 is 5.32 Å². The number of anilines is 1. The molecule has 0 spiro atoms. The quantitative estimate of drug-likeness (QED) is 0.591. The largest absolute Gasteiger partial charge is 0.373 e. The molecule has 3 heteroatoms. The molecule has 1 aliphatic heterocycles. The van der Waals surface area contributed by atoms with Crippen LogP contribution in [0.15, 0.2) is 18.2 Å². The van der Waals surface area contributed by atoms with Crippen molar-refractivity contribution in [1.82, 2.24) is 0 Å². The number of aliphatic hydroxyl groups is 1. The van der Waals surface area contributed by atoms with E-state index in [2.05, 4.69) is 5.32 Å². The Hall–Kier alpha value is -1.53. The first-order valence-electron chi connectivity index (χ1n) is 3.77. The van der Waals surface area contributed by atoms with E-state index in [4.69, 9.17) is 5.26 Å². The van der Waals surface area contributed by atoms with Gasteiger partial charge in [-0.3, -0.25) is 0 Å². The van der Waals surface area contributed by atoms with E-state index >= 15 is 0 Å². The van der Waals surface area contributed by atoms with Crippen LogP contribution in [0, 0.1) is 11.3 Å². The minimum absolute atomic E-state index is 0.492. The lowest BCUT2D eigenvalue weighted by Gasteiger charge is -2.00. The summed E-state index contributed by atoms with van der Waals surface area (Å²) in [6.07, 6.45) is 0.134. The van der Waals surface area contributed by atoms with Crippen LogP contribution in [0.5, 0.6) is 0 Å². The van der Waals surface area contributed by atoms with Gasteiger partial charge >= 0.3 is 0 Å². The van der Waals surface area contributed by atoms with Crippen LogP contribution in [0.25, 0.3) is 0 Å². The highest BCUT2D eigenvalue weighted by Crippen LogP contribution is 2.25. The first-order chi connectivity index (χ1) is 5.79. The van der Waals surface area contributed by atoms with Gasteiger partial charge in [0.05, 0.1) is 11.6 Å². The third-order valence-corrected chi connectivity index (χ3v) is 1.97. The van der Waals surface area contributed by atoms with E-state index < -0.39 is 6.23 Å². The van der Waals surface area contributed by atoms with Crippen LogP contribution in [-0.4, -0.2) is 11.3 Å². The zero-order chi connectivity index (χ0) is 8.55. The van der Waals surface area contributed by atoms with Gasteiger partial charge in [-0.2, -0.15) is 5.26 Å². The van der Waals surface area contributed by atoms with Gasteiger partial charge in [0.25, 0.3) is 0 Å². The summed E-state index contributed by atoms with van der Waals surface area (Å²) in [7, 11) is 0. The number of aliphatic hydroxyl groups excluding tert-OH is 1. The Kier molecular flexibility index (Phi) is 1.49. The van der Waals surface area contributed by atoms with Crippen LogP contribution >= 0.6 is 0 Å². The fourth-order valence-electron chi connectivity index (χ4n) is 1.40. The van der Waals surface area contributed by atoms with Crippen molar-refractivity contribution in [3.8, 4) is 6.07 Å². The van der Waals surface area contributed by atoms with Gasteiger partial charge < -0.3 is 10.4 Å². The van der Waals surface area contributed by atoms with Gasteiger partial charge in [0.1, 0.15) is 6.23 Å². The van der Waals surface area contributed by atoms with Crippen molar-refractivity contribution in [2.45, 2.75) is 12.6 Å². The number of nitriles is 1. The summed E-state index contributed by atoms with van der Waals surface area (Å²) in [5, 5.41) is 20.7. The molecule has 1 aromatic rings.